The molecule has 0 bridgehead atoms. The molecule has 0 spiro atoms. The molecule has 0 saturated carbocycles. The standard InChI is InChI=1S/C12H18N2O3/c1-9-10(7-17-8-12(2,3)13)5-4-6-11(9)14(15)16/h4-6H,7-8,13H2,1-3H3. The fourth-order valence-electron chi connectivity index (χ4n) is 1.45. The highest BCUT2D eigenvalue weighted by Crippen LogP contribution is 2.21. The highest BCUT2D eigenvalue weighted by Gasteiger charge is 2.14. The van der Waals surface area contributed by atoms with Crippen LogP contribution >= 0.6 is 0 Å². The second-order valence-corrected chi connectivity index (χ2v) is 4.80. The van der Waals surface area contributed by atoms with E-state index in [9.17, 15) is 10.1 Å². The van der Waals surface area contributed by atoms with Crippen molar-refractivity contribution in [1.82, 2.24) is 0 Å². The number of nitro benzene ring substituents is 1. The smallest absolute Gasteiger partial charge is 0.272 e. The molecule has 0 aliphatic rings. The van der Waals surface area contributed by atoms with Gasteiger partial charge in [0.1, 0.15) is 0 Å². The maximum absolute atomic E-state index is 10.8. The zero-order valence-corrected chi connectivity index (χ0v) is 10.4. The first-order valence-electron chi connectivity index (χ1n) is 5.41. The Morgan fingerprint density at radius 3 is 2.65 bits per heavy atom. The normalized spacial score (nSPS) is 11.5. The van der Waals surface area contributed by atoms with Crippen molar-refractivity contribution >= 4 is 5.69 Å². The number of nitrogens with two attached hydrogens (primary N) is 1. The molecular weight excluding hydrogens is 220 g/mol. The van der Waals surface area contributed by atoms with Crippen molar-refractivity contribution in [3.05, 3.63) is 39.4 Å². The first-order valence-corrected chi connectivity index (χ1v) is 5.41. The lowest BCUT2D eigenvalue weighted by Gasteiger charge is -2.18. The average molecular weight is 238 g/mol. The van der Waals surface area contributed by atoms with Crippen molar-refractivity contribution in [2.24, 2.45) is 5.73 Å². The molecule has 0 fully saturated rings. The molecule has 5 nitrogen and oxygen atoms in total. The zero-order chi connectivity index (χ0) is 13.1. The van der Waals surface area contributed by atoms with Gasteiger partial charge in [0.15, 0.2) is 0 Å². The molecule has 2 N–H and O–H groups in total. The van der Waals surface area contributed by atoms with E-state index in [2.05, 4.69) is 0 Å². The van der Waals surface area contributed by atoms with Crippen LogP contribution in [0.4, 0.5) is 5.69 Å². The predicted octanol–water partition coefficient (Wildman–Crippen LogP) is 2.16. The third-order valence-electron chi connectivity index (χ3n) is 2.35. The average Bonchev–Trinajstić information content (AvgIpc) is 2.18. The maximum Gasteiger partial charge on any atom is 0.272 e. The van der Waals surface area contributed by atoms with Crippen LogP contribution in [0.5, 0.6) is 0 Å². The molecule has 0 unspecified atom stereocenters. The van der Waals surface area contributed by atoms with Gasteiger partial charge in [-0.25, -0.2) is 0 Å². The van der Waals surface area contributed by atoms with Gasteiger partial charge < -0.3 is 10.5 Å². The van der Waals surface area contributed by atoms with E-state index in [4.69, 9.17) is 10.5 Å². The Morgan fingerprint density at radius 1 is 1.47 bits per heavy atom. The number of hydrogen-bond acceptors (Lipinski definition) is 4. The van der Waals surface area contributed by atoms with Gasteiger partial charge in [-0.2, -0.15) is 0 Å². The first kappa shape index (κ1) is 13.6. The molecule has 1 aromatic carbocycles. The number of ether oxygens (including phenoxy) is 1. The molecule has 17 heavy (non-hydrogen) atoms. The van der Waals surface area contributed by atoms with Crippen molar-refractivity contribution in [2.45, 2.75) is 32.9 Å². The molecule has 94 valence electrons. The third-order valence-corrected chi connectivity index (χ3v) is 2.35. The summed E-state index contributed by atoms with van der Waals surface area (Å²) in [6.45, 7) is 6.22. The number of hydrogen-bond donors (Lipinski definition) is 1. The largest absolute Gasteiger partial charge is 0.375 e. The number of nitro groups is 1. The van der Waals surface area contributed by atoms with Crippen molar-refractivity contribution in [3.63, 3.8) is 0 Å². The van der Waals surface area contributed by atoms with Crippen molar-refractivity contribution in [2.75, 3.05) is 6.61 Å². The van der Waals surface area contributed by atoms with Crippen LogP contribution in [-0.4, -0.2) is 17.1 Å². The van der Waals surface area contributed by atoms with Crippen LogP contribution in [0.1, 0.15) is 25.0 Å². The van der Waals surface area contributed by atoms with Crippen LogP contribution in [0.25, 0.3) is 0 Å². The number of nitrogens with zero attached hydrogens (tertiary/aromatic N) is 1. The maximum atomic E-state index is 10.8. The summed E-state index contributed by atoms with van der Waals surface area (Å²) in [7, 11) is 0. The number of rotatable bonds is 5. The summed E-state index contributed by atoms with van der Waals surface area (Å²) in [5, 5.41) is 10.8. The Kier molecular flexibility index (Phi) is 4.20. The van der Waals surface area contributed by atoms with Gasteiger partial charge in [-0.05, 0) is 26.3 Å². The Bertz CT molecular complexity index is 411. The summed E-state index contributed by atoms with van der Waals surface area (Å²) >= 11 is 0. The second-order valence-electron chi connectivity index (χ2n) is 4.80. The zero-order valence-electron chi connectivity index (χ0n) is 10.4. The lowest BCUT2D eigenvalue weighted by atomic mass is 10.1. The lowest BCUT2D eigenvalue weighted by molar-refractivity contribution is -0.385. The third kappa shape index (κ3) is 4.13. The topological polar surface area (TPSA) is 78.4 Å². The van der Waals surface area contributed by atoms with E-state index in [0.29, 0.717) is 18.8 Å². The van der Waals surface area contributed by atoms with Gasteiger partial charge in [0, 0.05) is 17.2 Å². The predicted molar refractivity (Wildman–Crippen MR) is 65.8 cm³/mol. The minimum atomic E-state index is -0.394. The molecule has 0 aliphatic carbocycles. The van der Waals surface area contributed by atoms with Crippen LogP contribution < -0.4 is 5.73 Å². The van der Waals surface area contributed by atoms with E-state index in [-0.39, 0.29) is 10.6 Å². The molecule has 0 radical (unpaired) electrons. The van der Waals surface area contributed by atoms with Crippen LogP contribution in [0.2, 0.25) is 0 Å². The summed E-state index contributed by atoms with van der Waals surface area (Å²) < 4.78 is 5.45. The first-order chi connectivity index (χ1) is 7.81. The minimum Gasteiger partial charge on any atom is -0.375 e. The quantitative estimate of drug-likeness (QED) is 0.629. The van der Waals surface area contributed by atoms with Crippen LogP contribution in [0, 0.1) is 17.0 Å². The molecule has 0 aliphatic heterocycles. The van der Waals surface area contributed by atoms with E-state index < -0.39 is 5.54 Å². The molecule has 0 amide bonds. The van der Waals surface area contributed by atoms with E-state index in [1.807, 2.05) is 19.9 Å². The molecule has 1 rings (SSSR count). The fourth-order valence-corrected chi connectivity index (χ4v) is 1.45. The van der Waals surface area contributed by atoms with Crippen molar-refractivity contribution in [1.29, 1.82) is 0 Å². The summed E-state index contributed by atoms with van der Waals surface area (Å²) in [4.78, 5) is 10.4. The van der Waals surface area contributed by atoms with E-state index in [1.54, 1.807) is 13.0 Å². The van der Waals surface area contributed by atoms with E-state index in [0.717, 1.165) is 5.56 Å². The molecule has 5 heteroatoms. The van der Waals surface area contributed by atoms with Crippen LogP contribution in [0.3, 0.4) is 0 Å². The summed E-state index contributed by atoms with van der Waals surface area (Å²) in [5.74, 6) is 0. The number of benzene rings is 1. The van der Waals surface area contributed by atoms with Gasteiger partial charge in [-0.1, -0.05) is 12.1 Å². The monoisotopic (exact) mass is 238 g/mol. The van der Waals surface area contributed by atoms with Gasteiger partial charge in [-0.3, -0.25) is 10.1 Å². The van der Waals surface area contributed by atoms with Crippen LogP contribution in [-0.2, 0) is 11.3 Å². The Balaban J connectivity index is 2.72. The fraction of sp³-hybridized carbons (Fsp3) is 0.500. The van der Waals surface area contributed by atoms with Crippen LogP contribution in [0.15, 0.2) is 18.2 Å². The summed E-state index contributed by atoms with van der Waals surface area (Å²) in [5.41, 5.74) is 6.98. The lowest BCUT2D eigenvalue weighted by Crippen LogP contribution is -2.37. The van der Waals surface area contributed by atoms with Gasteiger partial charge in [0.05, 0.1) is 18.1 Å². The second kappa shape index (κ2) is 5.25. The molecule has 0 aromatic heterocycles. The van der Waals surface area contributed by atoms with Gasteiger partial charge in [-0.15, -0.1) is 0 Å². The van der Waals surface area contributed by atoms with Gasteiger partial charge in [0.25, 0.3) is 5.69 Å². The van der Waals surface area contributed by atoms with E-state index >= 15 is 0 Å². The molecule has 0 saturated heterocycles. The highest BCUT2D eigenvalue weighted by molar-refractivity contribution is 5.44. The summed E-state index contributed by atoms with van der Waals surface area (Å²) in [6, 6.07) is 4.98. The Morgan fingerprint density at radius 2 is 2.12 bits per heavy atom. The summed E-state index contributed by atoms with van der Waals surface area (Å²) in [6.07, 6.45) is 0. The van der Waals surface area contributed by atoms with Crippen molar-refractivity contribution < 1.29 is 9.66 Å². The molecular formula is C12H18N2O3. The van der Waals surface area contributed by atoms with Gasteiger partial charge in [0.2, 0.25) is 0 Å². The SMILES string of the molecule is Cc1c(COCC(C)(C)N)cccc1[N+](=O)[O-]. The van der Waals surface area contributed by atoms with Gasteiger partial charge >= 0.3 is 0 Å². The Labute approximate surface area is 101 Å². The van der Waals surface area contributed by atoms with Crippen molar-refractivity contribution in [3.8, 4) is 0 Å². The van der Waals surface area contributed by atoms with E-state index in [1.165, 1.54) is 6.07 Å². The molecule has 0 atom stereocenters. The molecule has 0 heterocycles. The Hall–Kier alpha value is -1.46. The molecule has 1 aromatic rings. The minimum absolute atomic E-state index is 0.123. The highest BCUT2D eigenvalue weighted by atomic mass is 16.6.